The summed E-state index contributed by atoms with van der Waals surface area (Å²) in [4.78, 5) is 12.9. The molecule has 0 spiro atoms. The maximum absolute atomic E-state index is 10.9. The molecular formula is C14H21N3O3. The molecule has 1 N–H and O–H groups in total. The summed E-state index contributed by atoms with van der Waals surface area (Å²) in [5.74, 6) is 0. The predicted octanol–water partition coefficient (Wildman–Crippen LogP) is 1.41. The third-order valence-electron chi connectivity index (χ3n) is 3.55. The summed E-state index contributed by atoms with van der Waals surface area (Å²) < 4.78 is 5.69. The van der Waals surface area contributed by atoms with Crippen molar-refractivity contribution >= 4 is 5.69 Å². The zero-order chi connectivity index (χ0) is 14.4. The molecule has 1 unspecified atom stereocenters. The second-order valence-electron chi connectivity index (χ2n) is 4.90. The molecule has 1 saturated heterocycles. The molecule has 0 bridgehead atoms. The summed E-state index contributed by atoms with van der Waals surface area (Å²) in [5.41, 5.74) is 0.875. The first-order chi connectivity index (χ1) is 9.70. The number of nitro benzene ring substituents is 1. The summed E-state index contributed by atoms with van der Waals surface area (Å²) >= 11 is 0. The van der Waals surface area contributed by atoms with Gasteiger partial charge < -0.3 is 10.1 Å². The zero-order valence-electron chi connectivity index (χ0n) is 11.7. The van der Waals surface area contributed by atoms with Crippen molar-refractivity contribution in [1.82, 2.24) is 10.2 Å². The number of benzene rings is 1. The van der Waals surface area contributed by atoms with Crippen LogP contribution in [-0.4, -0.2) is 48.7 Å². The molecular weight excluding hydrogens is 258 g/mol. The lowest BCUT2D eigenvalue weighted by Crippen LogP contribution is -2.46. The van der Waals surface area contributed by atoms with E-state index in [0.29, 0.717) is 18.7 Å². The monoisotopic (exact) mass is 279 g/mol. The SMILES string of the molecule is CCN1CCOC(CNCc2ccccc2[N+](=O)[O-])C1. The molecule has 20 heavy (non-hydrogen) atoms. The lowest BCUT2D eigenvalue weighted by Gasteiger charge is -2.32. The molecule has 1 aliphatic rings. The van der Waals surface area contributed by atoms with Crippen LogP contribution in [0.15, 0.2) is 24.3 Å². The average molecular weight is 279 g/mol. The van der Waals surface area contributed by atoms with Gasteiger partial charge in [-0.1, -0.05) is 25.1 Å². The van der Waals surface area contributed by atoms with Gasteiger partial charge in [0.15, 0.2) is 0 Å². The Hall–Kier alpha value is -1.50. The zero-order valence-corrected chi connectivity index (χ0v) is 11.7. The van der Waals surface area contributed by atoms with Crippen LogP contribution in [0.25, 0.3) is 0 Å². The van der Waals surface area contributed by atoms with Crippen LogP contribution in [0.1, 0.15) is 12.5 Å². The first-order valence-electron chi connectivity index (χ1n) is 6.97. The van der Waals surface area contributed by atoms with Gasteiger partial charge in [0, 0.05) is 37.8 Å². The van der Waals surface area contributed by atoms with E-state index in [-0.39, 0.29) is 16.7 Å². The molecule has 2 rings (SSSR count). The Morgan fingerprint density at radius 3 is 3.05 bits per heavy atom. The van der Waals surface area contributed by atoms with Gasteiger partial charge in [-0.3, -0.25) is 15.0 Å². The maximum Gasteiger partial charge on any atom is 0.273 e. The third-order valence-corrected chi connectivity index (χ3v) is 3.55. The van der Waals surface area contributed by atoms with Crippen molar-refractivity contribution in [3.63, 3.8) is 0 Å². The number of ether oxygens (including phenoxy) is 1. The Bertz CT molecular complexity index is 453. The standard InChI is InChI=1S/C14H21N3O3/c1-2-16-7-8-20-13(11-16)10-15-9-12-5-3-4-6-14(12)17(18)19/h3-6,13,15H,2,7-11H2,1H3. The minimum Gasteiger partial charge on any atom is -0.374 e. The topological polar surface area (TPSA) is 67.6 Å². The second-order valence-corrected chi connectivity index (χ2v) is 4.90. The largest absolute Gasteiger partial charge is 0.374 e. The number of nitro groups is 1. The van der Waals surface area contributed by atoms with Crippen molar-refractivity contribution < 1.29 is 9.66 Å². The summed E-state index contributed by atoms with van der Waals surface area (Å²) in [7, 11) is 0. The van der Waals surface area contributed by atoms with E-state index in [4.69, 9.17) is 4.74 Å². The van der Waals surface area contributed by atoms with Gasteiger partial charge >= 0.3 is 0 Å². The van der Waals surface area contributed by atoms with E-state index in [1.807, 2.05) is 6.07 Å². The van der Waals surface area contributed by atoms with Crippen LogP contribution in [0.3, 0.4) is 0 Å². The van der Waals surface area contributed by atoms with Crippen molar-refractivity contribution in [2.24, 2.45) is 0 Å². The van der Waals surface area contributed by atoms with Gasteiger partial charge in [-0.25, -0.2) is 0 Å². The van der Waals surface area contributed by atoms with Crippen molar-refractivity contribution in [3.05, 3.63) is 39.9 Å². The van der Waals surface area contributed by atoms with Gasteiger partial charge in [-0.05, 0) is 6.54 Å². The molecule has 1 aromatic rings. The van der Waals surface area contributed by atoms with Gasteiger partial charge in [0.2, 0.25) is 0 Å². The number of para-hydroxylation sites is 1. The fraction of sp³-hybridized carbons (Fsp3) is 0.571. The Kier molecular flexibility index (Phi) is 5.46. The van der Waals surface area contributed by atoms with Gasteiger partial charge in [0.1, 0.15) is 0 Å². The molecule has 0 amide bonds. The first kappa shape index (κ1) is 14.9. The lowest BCUT2D eigenvalue weighted by molar-refractivity contribution is -0.385. The molecule has 1 heterocycles. The van der Waals surface area contributed by atoms with Crippen molar-refractivity contribution in [1.29, 1.82) is 0 Å². The average Bonchev–Trinajstić information content (AvgIpc) is 2.48. The van der Waals surface area contributed by atoms with Crippen molar-refractivity contribution in [2.75, 3.05) is 32.8 Å². The normalized spacial score (nSPS) is 19.9. The van der Waals surface area contributed by atoms with Crippen LogP contribution in [0.4, 0.5) is 5.69 Å². The quantitative estimate of drug-likeness (QED) is 0.630. The molecule has 1 aromatic carbocycles. The number of hydrogen-bond acceptors (Lipinski definition) is 5. The number of likely N-dealkylation sites (N-methyl/N-ethyl adjacent to an activating group) is 1. The van der Waals surface area contributed by atoms with Crippen molar-refractivity contribution in [3.8, 4) is 0 Å². The summed E-state index contributed by atoms with van der Waals surface area (Å²) in [6.45, 7) is 7.03. The highest BCUT2D eigenvalue weighted by atomic mass is 16.6. The summed E-state index contributed by atoms with van der Waals surface area (Å²) in [5, 5.41) is 14.2. The third kappa shape index (κ3) is 4.00. The molecule has 0 aliphatic carbocycles. The molecule has 0 radical (unpaired) electrons. The van der Waals surface area contributed by atoms with Crippen LogP contribution in [-0.2, 0) is 11.3 Å². The van der Waals surface area contributed by atoms with Crippen LogP contribution in [0.5, 0.6) is 0 Å². The van der Waals surface area contributed by atoms with Crippen molar-refractivity contribution in [2.45, 2.75) is 19.6 Å². The lowest BCUT2D eigenvalue weighted by atomic mass is 10.2. The van der Waals surface area contributed by atoms with Crippen LogP contribution in [0, 0.1) is 10.1 Å². The Morgan fingerprint density at radius 1 is 1.50 bits per heavy atom. The molecule has 110 valence electrons. The number of hydrogen-bond donors (Lipinski definition) is 1. The van der Waals surface area contributed by atoms with Crippen LogP contribution in [0.2, 0.25) is 0 Å². The Labute approximate surface area is 118 Å². The number of nitrogens with zero attached hydrogens (tertiary/aromatic N) is 2. The van der Waals surface area contributed by atoms with E-state index in [1.165, 1.54) is 6.07 Å². The predicted molar refractivity (Wildman–Crippen MR) is 76.7 cm³/mol. The van der Waals surface area contributed by atoms with Gasteiger partial charge in [-0.15, -0.1) is 0 Å². The minimum absolute atomic E-state index is 0.159. The number of rotatable bonds is 6. The number of nitrogens with one attached hydrogen (secondary N) is 1. The molecule has 6 heteroatoms. The van der Waals surface area contributed by atoms with E-state index in [9.17, 15) is 10.1 Å². The van der Waals surface area contributed by atoms with Crippen LogP contribution >= 0.6 is 0 Å². The fourth-order valence-electron chi connectivity index (χ4n) is 2.40. The van der Waals surface area contributed by atoms with E-state index < -0.39 is 0 Å². The molecule has 1 fully saturated rings. The molecule has 0 aromatic heterocycles. The van der Waals surface area contributed by atoms with Gasteiger partial charge in [0.25, 0.3) is 5.69 Å². The summed E-state index contributed by atoms with van der Waals surface area (Å²) in [6, 6.07) is 6.82. The number of morpholine rings is 1. The van der Waals surface area contributed by atoms with Gasteiger partial charge in [-0.2, -0.15) is 0 Å². The first-order valence-corrected chi connectivity index (χ1v) is 6.97. The highest BCUT2D eigenvalue weighted by Gasteiger charge is 2.19. The maximum atomic E-state index is 10.9. The van der Waals surface area contributed by atoms with E-state index in [2.05, 4.69) is 17.1 Å². The molecule has 6 nitrogen and oxygen atoms in total. The van der Waals surface area contributed by atoms with Crippen LogP contribution < -0.4 is 5.32 Å². The Morgan fingerprint density at radius 2 is 2.30 bits per heavy atom. The highest BCUT2D eigenvalue weighted by Crippen LogP contribution is 2.17. The molecule has 0 saturated carbocycles. The van der Waals surface area contributed by atoms with Gasteiger partial charge in [0.05, 0.1) is 17.6 Å². The summed E-state index contributed by atoms with van der Waals surface area (Å²) in [6.07, 6.45) is 0.159. The fourth-order valence-corrected chi connectivity index (χ4v) is 2.40. The Balaban J connectivity index is 1.82. The van der Waals surface area contributed by atoms with E-state index in [0.717, 1.165) is 26.2 Å². The molecule has 1 aliphatic heterocycles. The van der Waals surface area contributed by atoms with E-state index >= 15 is 0 Å². The second kappa shape index (κ2) is 7.33. The molecule has 1 atom stereocenters. The van der Waals surface area contributed by atoms with E-state index in [1.54, 1.807) is 12.1 Å². The highest BCUT2D eigenvalue weighted by molar-refractivity contribution is 5.39. The minimum atomic E-state index is -0.340. The smallest absolute Gasteiger partial charge is 0.273 e.